The van der Waals surface area contributed by atoms with Crippen LogP contribution in [0.1, 0.15) is 46.0 Å². The molecule has 78 valence electrons. The first-order valence-electron chi connectivity index (χ1n) is 4.98. The van der Waals surface area contributed by atoms with Crippen molar-refractivity contribution in [2.75, 3.05) is 0 Å². The van der Waals surface area contributed by atoms with Gasteiger partial charge in [0.1, 0.15) is 0 Å². The summed E-state index contributed by atoms with van der Waals surface area (Å²) in [6, 6.07) is 0. The summed E-state index contributed by atoms with van der Waals surface area (Å²) in [4.78, 5) is 10.4. The highest BCUT2D eigenvalue weighted by Gasteiger charge is 2.06. The van der Waals surface area contributed by atoms with E-state index in [0.29, 0.717) is 12.3 Å². The molecule has 3 N–H and O–H groups in total. The molecule has 0 aliphatic heterocycles. The van der Waals surface area contributed by atoms with Crippen molar-refractivity contribution in [1.29, 1.82) is 0 Å². The van der Waals surface area contributed by atoms with Crippen LogP contribution in [-0.4, -0.2) is 17.1 Å². The normalized spacial score (nSPS) is 13.2. The van der Waals surface area contributed by atoms with Crippen LogP contribution in [0.5, 0.6) is 0 Å². The molecule has 0 aromatic carbocycles. The maximum absolute atomic E-state index is 10.4. The number of amides is 1. The molecule has 0 fully saturated rings. The molecule has 0 rings (SSSR count). The Morgan fingerprint density at radius 3 is 2.46 bits per heavy atom. The second-order valence-corrected chi connectivity index (χ2v) is 4.00. The van der Waals surface area contributed by atoms with Gasteiger partial charge in [-0.2, -0.15) is 0 Å². The Bertz CT molecular complexity index is 146. The van der Waals surface area contributed by atoms with Gasteiger partial charge in [-0.05, 0) is 25.2 Å². The molecule has 0 aliphatic carbocycles. The molecule has 0 spiro atoms. The number of carbonyl (C=O) groups excluding carboxylic acids is 1. The van der Waals surface area contributed by atoms with Gasteiger partial charge in [-0.15, -0.1) is 0 Å². The number of carbonyl (C=O) groups is 1. The molecule has 0 saturated carbocycles. The first-order valence-corrected chi connectivity index (χ1v) is 4.98. The highest BCUT2D eigenvalue weighted by Crippen LogP contribution is 2.11. The predicted octanol–water partition coefficient (Wildman–Crippen LogP) is 1.44. The van der Waals surface area contributed by atoms with Gasteiger partial charge in [0.05, 0.1) is 6.10 Å². The molecule has 0 aromatic heterocycles. The van der Waals surface area contributed by atoms with E-state index in [-0.39, 0.29) is 12.0 Å². The molecule has 0 heterocycles. The Morgan fingerprint density at radius 1 is 1.38 bits per heavy atom. The lowest BCUT2D eigenvalue weighted by Crippen LogP contribution is -2.12. The highest BCUT2D eigenvalue weighted by atomic mass is 16.3. The largest absolute Gasteiger partial charge is 0.393 e. The van der Waals surface area contributed by atoms with Crippen molar-refractivity contribution in [3.05, 3.63) is 0 Å². The van der Waals surface area contributed by atoms with Gasteiger partial charge in [0.25, 0.3) is 0 Å². The van der Waals surface area contributed by atoms with E-state index in [2.05, 4.69) is 13.8 Å². The molecular weight excluding hydrogens is 166 g/mol. The Balaban J connectivity index is 3.26. The van der Waals surface area contributed by atoms with Crippen LogP contribution in [0.3, 0.4) is 0 Å². The molecule has 1 atom stereocenters. The molecule has 0 radical (unpaired) electrons. The quantitative estimate of drug-likeness (QED) is 0.592. The van der Waals surface area contributed by atoms with Crippen molar-refractivity contribution in [1.82, 2.24) is 0 Å². The van der Waals surface area contributed by atoms with Crippen molar-refractivity contribution in [3.8, 4) is 0 Å². The fourth-order valence-corrected chi connectivity index (χ4v) is 1.34. The van der Waals surface area contributed by atoms with Crippen molar-refractivity contribution >= 4 is 5.91 Å². The lowest BCUT2D eigenvalue weighted by molar-refractivity contribution is -0.118. The number of aliphatic hydroxyl groups is 1. The number of primary amides is 1. The predicted molar refractivity (Wildman–Crippen MR) is 53.1 cm³/mol. The third kappa shape index (κ3) is 9.34. The van der Waals surface area contributed by atoms with Crippen molar-refractivity contribution in [2.24, 2.45) is 11.7 Å². The van der Waals surface area contributed by atoms with Gasteiger partial charge >= 0.3 is 0 Å². The molecule has 0 aromatic rings. The summed E-state index contributed by atoms with van der Waals surface area (Å²) in [5.74, 6) is 0.282. The van der Waals surface area contributed by atoms with E-state index in [1.54, 1.807) is 0 Å². The van der Waals surface area contributed by atoms with Gasteiger partial charge in [-0.1, -0.05) is 20.3 Å². The second kappa shape index (κ2) is 6.89. The summed E-state index contributed by atoms with van der Waals surface area (Å²) in [5, 5.41) is 9.47. The highest BCUT2D eigenvalue weighted by molar-refractivity contribution is 5.73. The van der Waals surface area contributed by atoms with E-state index in [4.69, 9.17) is 5.73 Å². The average molecular weight is 187 g/mol. The molecular formula is C10H21NO2. The number of nitrogens with two attached hydrogens (primary N) is 1. The van der Waals surface area contributed by atoms with Crippen LogP contribution in [0.15, 0.2) is 0 Å². The van der Waals surface area contributed by atoms with E-state index in [1.165, 1.54) is 0 Å². The molecule has 0 aliphatic rings. The van der Waals surface area contributed by atoms with E-state index in [0.717, 1.165) is 25.7 Å². The van der Waals surface area contributed by atoms with Crippen molar-refractivity contribution < 1.29 is 9.90 Å². The first kappa shape index (κ1) is 12.4. The average Bonchev–Trinajstić information content (AvgIpc) is 1.96. The zero-order chi connectivity index (χ0) is 10.3. The second-order valence-electron chi connectivity index (χ2n) is 4.00. The molecule has 13 heavy (non-hydrogen) atoms. The molecule has 3 heteroatoms. The summed E-state index contributed by atoms with van der Waals surface area (Å²) < 4.78 is 0. The van der Waals surface area contributed by atoms with Crippen LogP contribution in [0.2, 0.25) is 0 Å². The monoisotopic (exact) mass is 187 g/mol. The zero-order valence-corrected chi connectivity index (χ0v) is 8.62. The van der Waals surface area contributed by atoms with Gasteiger partial charge < -0.3 is 10.8 Å². The topological polar surface area (TPSA) is 63.3 Å². The van der Waals surface area contributed by atoms with Crippen LogP contribution in [0.4, 0.5) is 0 Å². The lowest BCUT2D eigenvalue weighted by Gasteiger charge is -2.11. The summed E-state index contributed by atoms with van der Waals surface area (Å²) >= 11 is 0. The minimum absolute atomic E-state index is 0.215. The van der Waals surface area contributed by atoms with E-state index in [1.807, 2.05) is 0 Å². The van der Waals surface area contributed by atoms with Crippen LogP contribution in [0, 0.1) is 5.92 Å². The summed E-state index contributed by atoms with van der Waals surface area (Å²) in [6.07, 6.45) is 3.53. The van der Waals surface area contributed by atoms with Gasteiger partial charge in [0.2, 0.25) is 5.91 Å². The molecule has 3 nitrogen and oxygen atoms in total. The maximum atomic E-state index is 10.4. The number of unbranched alkanes of at least 4 members (excludes halogenated alkanes) is 1. The third-order valence-electron chi connectivity index (χ3n) is 1.95. The van der Waals surface area contributed by atoms with E-state index < -0.39 is 0 Å². The fraction of sp³-hybridized carbons (Fsp3) is 0.900. The van der Waals surface area contributed by atoms with Crippen LogP contribution in [-0.2, 0) is 4.79 Å². The fourth-order valence-electron chi connectivity index (χ4n) is 1.34. The number of hydrogen-bond donors (Lipinski definition) is 2. The lowest BCUT2D eigenvalue weighted by atomic mass is 10.0. The van der Waals surface area contributed by atoms with Gasteiger partial charge in [-0.25, -0.2) is 0 Å². The number of hydrogen-bond acceptors (Lipinski definition) is 2. The first-order chi connectivity index (χ1) is 6.02. The van der Waals surface area contributed by atoms with E-state index in [9.17, 15) is 9.90 Å². The summed E-state index contributed by atoms with van der Waals surface area (Å²) in [6.45, 7) is 4.18. The summed E-state index contributed by atoms with van der Waals surface area (Å²) in [5.41, 5.74) is 4.99. The minimum atomic E-state index is -0.252. The van der Waals surface area contributed by atoms with E-state index >= 15 is 0 Å². The number of rotatable bonds is 7. The molecule has 0 bridgehead atoms. The Labute approximate surface area is 80.3 Å². The summed E-state index contributed by atoms with van der Waals surface area (Å²) in [7, 11) is 0. The molecule has 0 saturated heterocycles. The van der Waals surface area contributed by atoms with Crippen molar-refractivity contribution in [3.63, 3.8) is 0 Å². The van der Waals surface area contributed by atoms with Gasteiger partial charge in [0, 0.05) is 6.42 Å². The molecule has 1 amide bonds. The van der Waals surface area contributed by atoms with Gasteiger partial charge in [-0.3, -0.25) is 4.79 Å². The maximum Gasteiger partial charge on any atom is 0.217 e. The third-order valence-corrected chi connectivity index (χ3v) is 1.95. The van der Waals surface area contributed by atoms with Gasteiger partial charge in [0.15, 0.2) is 0 Å². The van der Waals surface area contributed by atoms with Crippen molar-refractivity contribution in [2.45, 2.75) is 52.1 Å². The minimum Gasteiger partial charge on any atom is -0.393 e. The Kier molecular flexibility index (Phi) is 6.59. The Hall–Kier alpha value is -0.570. The number of aliphatic hydroxyl groups excluding tert-OH is 1. The zero-order valence-electron chi connectivity index (χ0n) is 8.62. The molecule has 1 unspecified atom stereocenters. The van der Waals surface area contributed by atoms with Crippen LogP contribution in [0.25, 0.3) is 0 Å². The Morgan fingerprint density at radius 2 is 2.00 bits per heavy atom. The standard InChI is InChI=1S/C10H21NO2/c1-8(2)7-9(12)5-3-4-6-10(11)13/h8-9,12H,3-7H2,1-2H3,(H2,11,13). The van der Waals surface area contributed by atoms with Crippen LogP contribution >= 0.6 is 0 Å². The SMILES string of the molecule is CC(C)CC(O)CCCCC(N)=O. The smallest absolute Gasteiger partial charge is 0.217 e. The van der Waals surface area contributed by atoms with Crippen LogP contribution < -0.4 is 5.73 Å².